The highest BCUT2D eigenvalue weighted by molar-refractivity contribution is 8.00. The van der Waals surface area contributed by atoms with Gasteiger partial charge in [-0.2, -0.15) is 0 Å². The predicted octanol–water partition coefficient (Wildman–Crippen LogP) is 4.15. The summed E-state index contributed by atoms with van der Waals surface area (Å²) in [7, 11) is 4.16. The summed E-state index contributed by atoms with van der Waals surface area (Å²) in [5.74, 6) is 2.81. The van der Waals surface area contributed by atoms with E-state index in [1.54, 1.807) is 0 Å². The van der Waals surface area contributed by atoms with Gasteiger partial charge >= 0.3 is 4.87 Å². The van der Waals surface area contributed by atoms with E-state index in [1.807, 2.05) is 11.8 Å². The van der Waals surface area contributed by atoms with Crippen LogP contribution in [0.25, 0.3) is 0 Å². The van der Waals surface area contributed by atoms with Crippen molar-refractivity contribution in [1.82, 2.24) is 4.98 Å². The molecule has 0 saturated heterocycles. The van der Waals surface area contributed by atoms with E-state index in [0.29, 0.717) is 17.1 Å². The molecule has 24 heavy (non-hydrogen) atoms. The fourth-order valence-electron chi connectivity index (χ4n) is 5.20. The largest absolute Gasteiger partial charge is 0.378 e. The van der Waals surface area contributed by atoms with Gasteiger partial charge in [0.2, 0.25) is 0 Å². The van der Waals surface area contributed by atoms with Gasteiger partial charge in [0.25, 0.3) is 0 Å². The van der Waals surface area contributed by atoms with Gasteiger partial charge in [0, 0.05) is 35.8 Å². The lowest BCUT2D eigenvalue weighted by molar-refractivity contribution is 0.307. The lowest BCUT2D eigenvalue weighted by atomic mass is 9.75. The van der Waals surface area contributed by atoms with Crippen LogP contribution in [0.3, 0.4) is 0 Å². The highest BCUT2D eigenvalue weighted by atomic mass is 32.2. The Morgan fingerprint density at radius 3 is 2.62 bits per heavy atom. The third kappa shape index (κ3) is 2.14. The first-order chi connectivity index (χ1) is 11.6. The Kier molecular flexibility index (Phi) is 3.39. The van der Waals surface area contributed by atoms with E-state index in [4.69, 9.17) is 0 Å². The molecular weight excluding hydrogens is 336 g/mol. The van der Waals surface area contributed by atoms with Crippen LogP contribution in [0.5, 0.6) is 0 Å². The molecule has 3 nitrogen and oxygen atoms in total. The van der Waals surface area contributed by atoms with Crippen molar-refractivity contribution in [3.05, 3.63) is 44.4 Å². The zero-order valence-electron chi connectivity index (χ0n) is 14.0. The van der Waals surface area contributed by atoms with E-state index >= 15 is 0 Å². The number of benzene rings is 1. The van der Waals surface area contributed by atoms with Crippen molar-refractivity contribution in [2.24, 2.45) is 17.8 Å². The van der Waals surface area contributed by atoms with E-state index < -0.39 is 0 Å². The molecule has 126 valence electrons. The van der Waals surface area contributed by atoms with Crippen LogP contribution in [0.4, 0.5) is 5.69 Å². The number of anilines is 1. The number of hydrogen-bond donors (Lipinski definition) is 1. The number of nitrogens with zero attached hydrogens (tertiary/aromatic N) is 1. The minimum atomic E-state index is 0.106. The fourth-order valence-corrected chi connectivity index (χ4v) is 8.10. The Morgan fingerprint density at radius 2 is 1.88 bits per heavy atom. The molecule has 2 aromatic rings. The standard InChI is InChI=1S/C19H22N2OS2/c1-21(2)13-7-5-10(6-8-13)14-15-11-3-4-12(9-11)16(15)23-18-17(14)24-19(22)20-18/h5-8,11-12,14-16H,3-4,9H2,1-2H3,(H,20,22). The van der Waals surface area contributed by atoms with Gasteiger partial charge in [0.05, 0.1) is 5.03 Å². The minimum Gasteiger partial charge on any atom is -0.378 e. The molecule has 0 spiro atoms. The summed E-state index contributed by atoms with van der Waals surface area (Å²) < 4.78 is 0. The summed E-state index contributed by atoms with van der Waals surface area (Å²) in [4.78, 5) is 18.7. The number of thioether (sulfide) groups is 1. The molecule has 5 unspecified atom stereocenters. The first kappa shape index (κ1) is 15.1. The van der Waals surface area contributed by atoms with Gasteiger partial charge in [-0.15, -0.1) is 11.8 Å². The summed E-state index contributed by atoms with van der Waals surface area (Å²) in [5.41, 5.74) is 2.62. The lowest BCUT2D eigenvalue weighted by Crippen LogP contribution is -2.33. The van der Waals surface area contributed by atoms with Gasteiger partial charge in [-0.05, 0) is 54.7 Å². The van der Waals surface area contributed by atoms with Crippen molar-refractivity contribution in [3.8, 4) is 0 Å². The van der Waals surface area contributed by atoms with Crippen LogP contribution >= 0.6 is 23.1 Å². The third-order valence-corrected chi connectivity index (χ3v) is 8.86. The molecule has 2 saturated carbocycles. The molecule has 1 aliphatic heterocycles. The molecule has 2 bridgehead atoms. The van der Waals surface area contributed by atoms with E-state index in [-0.39, 0.29) is 4.87 Å². The van der Waals surface area contributed by atoms with Crippen LogP contribution in [0.15, 0.2) is 34.1 Å². The Morgan fingerprint density at radius 1 is 1.12 bits per heavy atom. The second kappa shape index (κ2) is 5.40. The Bertz CT molecular complexity index is 823. The van der Waals surface area contributed by atoms with E-state index in [0.717, 1.165) is 16.9 Å². The molecule has 5 rings (SSSR count). The molecule has 0 amide bonds. The van der Waals surface area contributed by atoms with Crippen molar-refractivity contribution in [2.45, 2.75) is 35.5 Å². The average molecular weight is 359 g/mol. The topological polar surface area (TPSA) is 36.1 Å². The van der Waals surface area contributed by atoms with E-state index in [1.165, 1.54) is 46.7 Å². The second-order valence-corrected chi connectivity index (χ2v) is 9.87. The third-order valence-electron chi connectivity index (χ3n) is 6.23. The molecular formula is C19H22N2OS2. The molecule has 2 fully saturated rings. The smallest absolute Gasteiger partial charge is 0.305 e. The van der Waals surface area contributed by atoms with Gasteiger partial charge in [0.15, 0.2) is 0 Å². The zero-order valence-corrected chi connectivity index (χ0v) is 15.6. The van der Waals surface area contributed by atoms with Crippen LogP contribution in [0.1, 0.15) is 35.6 Å². The molecule has 5 atom stereocenters. The monoisotopic (exact) mass is 358 g/mol. The highest BCUT2D eigenvalue weighted by Crippen LogP contribution is 2.63. The highest BCUT2D eigenvalue weighted by Gasteiger charge is 2.54. The number of nitrogens with one attached hydrogen (secondary N) is 1. The second-order valence-electron chi connectivity index (χ2n) is 7.66. The molecule has 1 aromatic carbocycles. The first-order valence-electron chi connectivity index (χ1n) is 8.79. The van der Waals surface area contributed by atoms with Crippen LogP contribution < -0.4 is 9.77 Å². The number of H-pyrrole nitrogens is 1. The Hall–Kier alpha value is -1.20. The molecule has 1 aromatic heterocycles. The summed E-state index contributed by atoms with van der Waals surface area (Å²) in [6.45, 7) is 0. The number of thiazole rings is 1. The number of aromatic amines is 1. The normalized spacial score (nSPS) is 33.3. The van der Waals surface area contributed by atoms with Crippen molar-refractivity contribution < 1.29 is 0 Å². The summed E-state index contributed by atoms with van der Waals surface area (Å²) in [6, 6.07) is 9.00. The molecule has 3 aliphatic rings. The summed E-state index contributed by atoms with van der Waals surface area (Å²) >= 11 is 3.40. The van der Waals surface area contributed by atoms with E-state index in [2.05, 4.69) is 48.2 Å². The molecule has 1 N–H and O–H groups in total. The van der Waals surface area contributed by atoms with Crippen LogP contribution in [0.2, 0.25) is 0 Å². The Balaban J connectivity index is 1.62. The lowest BCUT2D eigenvalue weighted by Gasteiger charge is -2.40. The zero-order chi connectivity index (χ0) is 16.4. The average Bonchev–Trinajstić information content (AvgIpc) is 3.26. The maximum Gasteiger partial charge on any atom is 0.305 e. The maximum atomic E-state index is 12.0. The van der Waals surface area contributed by atoms with Gasteiger partial charge in [-0.3, -0.25) is 4.79 Å². The van der Waals surface area contributed by atoms with Crippen LogP contribution in [-0.4, -0.2) is 24.3 Å². The van der Waals surface area contributed by atoms with E-state index in [9.17, 15) is 4.79 Å². The predicted molar refractivity (Wildman–Crippen MR) is 102 cm³/mol. The number of aromatic nitrogens is 1. The Labute approximate surface area is 150 Å². The van der Waals surface area contributed by atoms with Crippen molar-refractivity contribution >= 4 is 28.8 Å². The van der Waals surface area contributed by atoms with Crippen molar-refractivity contribution in [3.63, 3.8) is 0 Å². The molecule has 2 aliphatic carbocycles. The van der Waals surface area contributed by atoms with Crippen molar-refractivity contribution in [2.75, 3.05) is 19.0 Å². The van der Waals surface area contributed by atoms with Gasteiger partial charge in [-0.1, -0.05) is 23.5 Å². The minimum absolute atomic E-state index is 0.106. The molecule has 0 radical (unpaired) electrons. The quantitative estimate of drug-likeness (QED) is 0.876. The van der Waals surface area contributed by atoms with Crippen LogP contribution in [0, 0.1) is 17.8 Å². The van der Waals surface area contributed by atoms with Gasteiger partial charge < -0.3 is 9.88 Å². The maximum absolute atomic E-state index is 12.0. The molecule has 2 heterocycles. The van der Waals surface area contributed by atoms with Crippen LogP contribution in [-0.2, 0) is 0 Å². The van der Waals surface area contributed by atoms with Gasteiger partial charge in [-0.25, -0.2) is 0 Å². The summed E-state index contributed by atoms with van der Waals surface area (Å²) in [5, 5.41) is 1.85. The number of fused-ring (bicyclic) bond motifs is 6. The fraction of sp³-hybridized carbons (Fsp3) is 0.526. The summed E-state index contributed by atoms with van der Waals surface area (Å²) in [6.07, 6.45) is 4.16. The van der Waals surface area contributed by atoms with Crippen molar-refractivity contribution in [1.29, 1.82) is 0 Å². The number of rotatable bonds is 2. The number of hydrogen-bond acceptors (Lipinski definition) is 4. The van der Waals surface area contributed by atoms with Gasteiger partial charge in [0.1, 0.15) is 0 Å². The SMILES string of the molecule is CN(C)c1ccc(C2c3sc(=O)[nH]c3SC3C4CCC(C4)C23)cc1. The first-order valence-corrected chi connectivity index (χ1v) is 10.5. The molecule has 5 heteroatoms.